The van der Waals surface area contributed by atoms with Gasteiger partial charge >= 0.3 is 0 Å². The molecule has 1 atom stereocenters. The Balaban J connectivity index is 2.29. The van der Waals surface area contributed by atoms with Crippen LogP contribution in [0.15, 0.2) is 29.0 Å². The van der Waals surface area contributed by atoms with Crippen molar-refractivity contribution < 1.29 is 4.74 Å². The van der Waals surface area contributed by atoms with E-state index in [1.54, 1.807) is 6.33 Å². The number of aromatic nitrogens is 3. The lowest BCUT2D eigenvalue weighted by atomic mass is 10.2. The molecule has 0 fully saturated rings. The minimum atomic E-state index is 0.240. The fourth-order valence-corrected chi connectivity index (χ4v) is 2.35. The van der Waals surface area contributed by atoms with Crippen molar-refractivity contribution in [1.82, 2.24) is 14.8 Å². The highest BCUT2D eigenvalue weighted by Gasteiger charge is 2.22. The fourth-order valence-electron chi connectivity index (χ4n) is 1.87. The first-order valence-electron chi connectivity index (χ1n) is 5.08. The highest BCUT2D eigenvalue weighted by molar-refractivity contribution is 9.10. The van der Waals surface area contributed by atoms with Gasteiger partial charge in [0.15, 0.2) is 5.82 Å². The number of nitrogens with zero attached hydrogens (tertiary/aromatic N) is 3. The van der Waals surface area contributed by atoms with Gasteiger partial charge in [0.1, 0.15) is 18.7 Å². The number of hydrogen-bond acceptors (Lipinski definition) is 3. The maximum absolute atomic E-state index is 5.80. The third-order valence-corrected chi connectivity index (χ3v) is 3.35. The van der Waals surface area contributed by atoms with Gasteiger partial charge in [-0.2, -0.15) is 0 Å². The van der Waals surface area contributed by atoms with E-state index in [-0.39, 0.29) is 6.04 Å². The molecule has 0 bridgehead atoms. The first kappa shape index (κ1) is 9.84. The van der Waals surface area contributed by atoms with Crippen molar-refractivity contribution in [3.05, 3.63) is 29.0 Å². The molecule has 0 unspecified atom stereocenters. The van der Waals surface area contributed by atoms with Gasteiger partial charge in [0, 0.05) is 0 Å². The second kappa shape index (κ2) is 3.59. The first-order valence-corrected chi connectivity index (χ1v) is 5.88. The molecule has 2 heterocycles. The van der Waals surface area contributed by atoms with Gasteiger partial charge < -0.3 is 9.30 Å². The van der Waals surface area contributed by atoms with E-state index in [0.29, 0.717) is 6.61 Å². The summed E-state index contributed by atoms with van der Waals surface area (Å²) in [5.41, 5.74) is 0.983. The smallest absolute Gasteiger partial charge is 0.167 e. The zero-order valence-electron chi connectivity index (χ0n) is 8.72. The van der Waals surface area contributed by atoms with Crippen LogP contribution >= 0.6 is 15.9 Å². The zero-order chi connectivity index (χ0) is 11.1. The summed E-state index contributed by atoms with van der Waals surface area (Å²) >= 11 is 3.49. The second-order valence-electron chi connectivity index (χ2n) is 3.84. The van der Waals surface area contributed by atoms with Gasteiger partial charge in [0.25, 0.3) is 0 Å². The van der Waals surface area contributed by atoms with Crippen LogP contribution in [0.25, 0.3) is 11.4 Å². The lowest BCUT2D eigenvalue weighted by molar-refractivity contribution is 0.268. The molecule has 0 saturated carbocycles. The summed E-state index contributed by atoms with van der Waals surface area (Å²) in [6.07, 6.45) is 1.75. The van der Waals surface area contributed by atoms with Crippen LogP contribution in [0.4, 0.5) is 0 Å². The first-order chi connectivity index (χ1) is 7.77. The van der Waals surface area contributed by atoms with Crippen LogP contribution in [0.1, 0.15) is 13.0 Å². The van der Waals surface area contributed by atoms with Gasteiger partial charge in [-0.1, -0.05) is 6.07 Å². The third-order valence-electron chi connectivity index (χ3n) is 2.72. The van der Waals surface area contributed by atoms with Crippen LogP contribution in [0.3, 0.4) is 0 Å². The monoisotopic (exact) mass is 279 g/mol. The molecule has 1 aliphatic heterocycles. The Morgan fingerprint density at radius 2 is 2.38 bits per heavy atom. The molecule has 1 aromatic carbocycles. The molecule has 0 spiro atoms. The maximum Gasteiger partial charge on any atom is 0.167 e. The summed E-state index contributed by atoms with van der Waals surface area (Å²) in [6, 6.07) is 6.18. The molecule has 0 aliphatic carbocycles. The van der Waals surface area contributed by atoms with Crippen molar-refractivity contribution in [1.29, 1.82) is 0 Å². The lowest BCUT2D eigenvalue weighted by Crippen LogP contribution is -2.11. The highest BCUT2D eigenvalue weighted by atomic mass is 79.9. The number of benzene rings is 1. The minimum absolute atomic E-state index is 0.240. The molecular formula is C11H10BrN3O. The number of para-hydroxylation sites is 1. The standard InChI is InChI=1S/C11H10BrN3O/c1-7-5-16-10-8(3-2-4-9(10)12)11-14-13-6-15(7)11/h2-4,6-7H,5H2,1H3/t7-/m0/s1. The summed E-state index contributed by atoms with van der Waals surface area (Å²) in [5.74, 6) is 1.71. The molecule has 2 aromatic rings. The van der Waals surface area contributed by atoms with Crippen molar-refractivity contribution in [2.75, 3.05) is 6.61 Å². The van der Waals surface area contributed by atoms with Gasteiger partial charge in [-0.05, 0) is 35.0 Å². The Kier molecular flexibility index (Phi) is 2.21. The predicted octanol–water partition coefficient (Wildman–Crippen LogP) is 2.66. The molecule has 0 amide bonds. The van der Waals surface area contributed by atoms with Gasteiger partial charge in [0.05, 0.1) is 16.1 Å². The van der Waals surface area contributed by atoms with E-state index in [4.69, 9.17) is 4.74 Å². The van der Waals surface area contributed by atoms with Crippen molar-refractivity contribution in [3.8, 4) is 17.1 Å². The maximum atomic E-state index is 5.80. The van der Waals surface area contributed by atoms with Crippen molar-refractivity contribution in [2.24, 2.45) is 0 Å². The van der Waals surface area contributed by atoms with E-state index in [9.17, 15) is 0 Å². The average Bonchev–Trinajstić information content (AvgIpc) is 2.71. The number of halogens is 1. The molecular weight excluding hydrogens is 270 g/mol. The van der Waals surface area contributed by atoms with Crippen LogP contribution in [-0.4, -0.2) is 21.4 Å². The second-order valence-corrected chi connectivity index (χ2v) is 4.69. The molecule has 4 nitrogen and oxygen atoms in total. The molecule has 5 heteroatoms. The largest absolute Gasteiger partial charge is 0.489 e. The lowest BCUT2D eigenvalue weighted by Gasteiger charge is -2.10. The molecule has 82 valence electrons. The van der Waals surface area contributed by atoms with Crippen molar-refractivity contribution in [3.63, 3.8) is 0 Å². The van der Waals surface area contributed by atoms with Gasteiger partial charge in [-0.3, -0.25) is 0 Å². The predicted molar refractivity (Wildman–Crippen MR) is 63.4 cm³/mol. The summed E-state index contributed by atoms with van der Waals surface area (Å²) in [6.45, 7) is 2.72. The Labute approximate surface area is 101 Å². The molecule has 0 saturated heterocycles. The van der Waals surface area contributed by atoms with Crippen LogP contribution in [0.5, 0.6) is 5.75 Å². The Morgan fingerprint density at radius 1 is 1.50 bits per heavy atom. The minimum Gasteiger partial charge on any atom is -0.489 e. The Hall–Kier alpha value is -1.36. The molecule has 0 N–H and O–H groups in total. The quantitative estimate of drug-likeness (QED) is 0.744. The number of fused-ring (bicyclic) bond motifs is 3. The number of rotatable bonds is 0. The van der Waals surface area contributed by atoms with E-state index < -0.39 is 0 Å². The van der Waals surface area contributed by atoms with Crippen LogP contribution < -0.4 is 4.74 Å². The molecule has 16 heavy (non-hydrogen) atoms. The van der Waals surface area contributed by atoms with E-state index in [0.717, 1.165) is 21.6 Å². The highest BCUT2D eigenvalue weighted by Crippen LogP contribution is 2.38. The zero-order valence-corrected chi connectivity index (χ0v) is 10.3. The molecule has 0 radical (unpaired) electrons. The van der Waals surface area contributed by atoms with Crippen LogP contribution in [-0.2, 0) is 0 Å². The van der Waals surface area contributed by atoms with Crippen LogP contribution in [0, 0.1) is 0 Å². The molecule has 1 aliphatic rings. The summed E-state index contributed by atoms with van der Waals surface area (Å²) in [4.78, 5) is 0. The average molecular weight is 280 g/mol. The Morgan fingerprint density at radius 3 is 3.25 bits per heavy atom. The number of hydrogen-bond donors (Lipinski definition) is 0. The molecule has 1 aromatic heterocycles. The summed E-state index contributed by atoms with van der Waals surface area (Å²) < 4.78 is 8.79. The fraction of sp³-hybridized carbons (Fsp3) is 0.273. The van der Waals surface area contributed by atoms with Gasteiger partial charge in [0.2, 0.25) is 0 Å². The van der Waals surface area contributed by atoms with Crippen molar-refractivity contribution in [2.45, 2.75) is 13.0 Å². The summed E-state index contributed by atoms with van der Waals surface area (Å²) in [5, 5.41) is 8.13. The molecule has 3 rings (SSSR count). The normalized spacial score (nSPS) is 18.2. The van der Waals surface area contributed by atoms with Gasteiger partial charge in [-0.25, -0.2) is 0 Å². The van der Waals surface area contributed by atoms with Gasteiger partial charge in [-0.15, -0.1) is 10.2 Å². The van der Waals surface area contributed by atoms with Crippen LogP contribution in [0.2, 0.25) is 0 Å². The third kappa shape index (κ3) is 1.35. The number of ether oxygens (including phenoxy) is 1. The van der Waals surface area contributed by atoms with E-state index in [1.807, 2.05) is 22.8 Å². The van der Waals surface area contributed by atoms with E-state index >= 15 is 0 Å². The topological polar surface area (TPSA) is 39.9 Å². The Bertz CT molecular complexity index is 538. The SMILES string of the molecule is C[C@H]1COc2c(Br)cccc2-c2nncn21. The van der Waals surface area contributed by atoms with E-state index in [2.05, 4.69) is 33.1 Å². The summed E-state index contributed by atoms with van der Waals surface area (Å²) in [7, 11) is 0. The van der Waals surface area contributed by atoms with E-state index in [1.165, 1.54) is 0 Å². The van der Waals surface area contributed by atoms with Crippen molar-refractivity contribution >= 4 is 15.9 Å².